The first-order valence-corrected chi connectivity index (χ1v) is 9.36. The molecule has 0 spiro atoms. The van der Waals surface area contributed by atoms with Crippen LogP contribution >= 0.6 is 0 Å². The highest BCUT2D eigenvalue weighted by atomic mass is 16.1. The number of hydrogen-bond acceptors (Lipinski definition) is 5. The van der Waals surface area contributed by atoms with E-state index in [1.54, 1.807) is 6.20 Å². The lowest BCUT2D eigenvalue weighted by atomic mass is 9.86. The van der Waals surface area contributed by atoms with Crippen LogP contribution in [-0.4, -0.2) is 44.7 Å². The maximum Gasteiger partial charge on any atom is 0.252 e. The van der Waals surface area contributed by atoms with E-state index in [0.717, 1.165) is 25.2 Å². The molecule has 26 heavy (non-hydrogen) atoms. The van der Waals surface area contributed by atoms with Gasteiger partial charge in [0.25, 0.3) is 5.91 Å². The maximum absolute atomic E-state index is 11.6. The molecule has 1 aliphatic heterocycles. The van der Waals surface area contributed by atoms with Gasteiger partial charge in [0.1, 0.15) is 0 Å². The molecule has 1 saturated heterocycles. The van der Waals surface area contributed by atoms with E-state index >= 15 is 0 Å². The second-order valence-corrected chi connectivity index (χ2v) is 7.36. The van der Waals surface area contributed by atoms with Gasteiger partial charge < -0.3 is 11.1 Å². The number of nitrogens with one attached hydrogen (secondary N) is 1. The molecule has 2 aliphatic rings. The number of hydrogen-bond donors (Lipinski definition) is 2. The largest absolute Gasteiger partial charge is 0.384 e. The third-order valence-corrected chi connectivity index (χ3v) is 5.61. The van der Waals surface area contributed by atoms with Crippen molar-refractivity contribution >= 4 is 11.6 Å². The molecule has 2 aromatic rings. The third kappa shape index (κ3) is 3.31. The van der Waals surface area contributed by atoms with Crippen molar-refractivity contribution < 1.29 is 4.79 Å². The Kier molecular flexibility index (Phi) is 4.63. The van der Waals surface area contributed by atoms with Crippen LogP contribution in [0.1, 0.15) is 47.8 Å². The molecule has 4 rings (SSSR count). The number of anilines is 1. The number of aryl methyl sites for hydroxylation is 1. The van der Waals surface area contributed by atoms with Crippen molar-refractivity contribution in [2.45, 2.75) is 37.8 Å². The topological polar surface area (TPSA) is 89.1 Å². The first-order valence-electron chi connectivity index (χ1n) is 9.36. The number of aromatic nitrogens is 3. The van der Waals surface area contributed by atoms with Crippen LogP contribution in [0.5, 0.6) is 0 Å². The summed E-state index contributed by atoms with van der Waals surface area (Å²) in [5, 5.41) is 7.85. The summed E-state index contributed by atoms with van der Waals surface area (Å²) >= 11 is 0. The van der Waals surface area contributed by atoms with Gasteiger partial charge >= 0.3 is 0 Å². The minimum atomic E-state index is -0.452. The molecule has 0 bridgehead atoms. The number of carbonyl (C=O) groups excluding carboxylic acids is 1. The van der Waals surface area contributed by atoms with Crippen LogP contribution in [-0.2, 0) is 7.05 Å². The van der Waals surface area contributed by atoms with Crippen LogP contribution in [0, 0.1) is 5.92 Å². The molecule has 2 aromatic heterocycles. The van der Waals surface area contributed by atoms with Crippen molar-refractivity contribution in [1.82, 2.24) is 19.7 Å². The van der Waals surface area contributed by atoms with E-state index in [1.165, 1.54) is 31.2 Å². The Morgan fingerprint density at radius 1 is 1.31 bits per heavy atom. The smallest absolute Gasteiger partial charge is 0.252 e. The van der Waals surface area contributed by atoms with Crippen molar-refractivity contribution in [1.29, 1.82) is 0 Å². The van der Waals surface area contributed by atoms with Gasteiger partial charge in [-0.15, -0.1) is 0 Å². The SMILES string of the molecule is Cn1nccc1[C@H]1[C@H](CNc2ccncc2C(N)=O)CCCN1C1CC1. The summed E-state index contributed by atoms with van der Waals surface area (Å²) < 4.78 is 2.00. The Morgan fingerprint density at radius 2 is 2.15 bits per heavy atom. The zero-order valence-corrected chi connectivity index (χ0v) is 15.1. The molecule has 1 saturated carbocycles. The Hall–Kier alpha value is -2.41. The molecular formula is C19H26N6O. The van der Waals surface area contributed by atoms with E-state index in [9.17, 15) is 4.79 Å². The van der Waals surface area contributed by atoms with Crippen molar-refractivity contribution in [3.8, 4) is 0 Å². The summed E-state index contributed by atoms with van der Waals surface area (Å²) in [6.45, 7) is 1.95. The number of nitrogens with zero attached hydrogens (tertiary/aromatic N) is 4. The molecule has 1 aliphatic carbocycles. The lowest BCUT2D eigenvalue weighted by molar-refractivity contribution is 0.0841. The van der Waals surface area contributed by atoms with Gasteiger partial charge in [0.15, 0.2) is 0 Å². The van der Waals surface area contributed by atoms with Gasteiger partial charge in [-0.3, -0.25) is 19.4 Å². The number of nitrogens with two attached hydrogens (primary N) is 1. The molecule has 3 heterocycles. The summed E-state index contributed by atoms with van der Waals surface area (Å²) in [5.41, 5.74) is 7.96. The zero-order valence-electron chi connectivity index (χ0n) is 15.1. The molecule has 7 heteroatoms. The monoisotopic (exact) mass is 354 g/mol. The van der Waals surface area contributed by atoms with Crippen LogP contribution in [0.2, 0.25) is 0 Å². The first-order chi connectivity index (χ1) is 12.6. The summed E-state index contributed by atoms with van der Waals surface area (Å²) in [4.78, 5) is 18.3. The molecule has 2 fully saturated rings. The summed E-state index contributed by atoms with van der Waals surface area (Å²) in [6.07, 6.45) is 10.0. The van der Waals surface area contributed by atoms with Crippen molar-refractivity contribution in [3.05, 3.63) is 42.0 Å². The highest BCUT2D eigenvalue weighted by Crippen LogP contribution is 2.42. The van der Waals surface area contributed by atoms with Crippen LogP contribution in [0.15, 0.2) is 30.7 Å². The second kappa shape index (κ2) is 7.07. The predicted molar refractivity (Wildman–Crippen MR) is 99.6 cm³/mol. The number of pyridine rings is 1. The molecule has 138 valence electrons. The average molecular weight is 354 g/mol. The molecule has 7 nitrogen and oxygen atoms in total. The summed E-state index contributed by atoms with van der Waals surface area (Å²) in [6, 6.07) is 5.02. The van der Waals surface area contributed by atoms with Crippen LogP contribution in [0.4, 0.5) is 5.69 Å². The van der Waals surface area contributed by atoms with Gasteiger partial charge in [0.05, 0.1) is 23.0 Å². The maximum atomic E-state index is 11.6. The fraction of sp³-hybridized carbons (Fsp3) is 0.526. The molecule has 0 aromatic carbocycles. The quantitative estimate of drug-likeness (QED) is 0.827. The molecule has 1 amide bonds. The van der Waals surface area contributed by atoms with Crippen molar-refractivity contribution in [2.24, 2.45) is 18.7 Å². The van der Waals surface area contributed by atoms with Gasteiger partial charge in [-0.25, -0.2) is 0 Å². The number of primary amides is 1. The Labute approximate surface area is 153 Å². The first kappa shape index (κ1) is 17.0. The van der Waals surface area contributed by atoms with Gasteiger partial charge in [-0.1, -0.05) is 0 Å². The average Bonchev–Trinajstić information content (AvgIpc) is 3.41. The summed E-state index contributed by atoms with van der Waals surface area (Å²) in [5.74, 6) is 0.000627. The van der Waals surface area contributed by atoms with E-state index in [4.69, 9.17) is 5.73 Å². The minimum Gasteiger partial charge on any atom is -0.384 e. The van der Waals surface area contributed by atoms with Gasteiger partial charge in [0.2, 0.25) is 0 Å². The molecular weight excluding hydrogens is 328 g/mol. The number of amides is 1. The molecule has 3 N–H and O–H groups in total. The van der Waals surface area contributed by atoms with Gasteiger partial charge in [0, 0.05) is 38.2 Å². The van der Waals surface area contributed by atoms with E-state index in [2.05, 4.69) is 26.4 Å². The normalized spacial score (nSPS) is 23.7. The Morgan fingerprint density at radius 3 is 2.85 bits per heavy atom. The Balaban J connectivity index is 1.56. The van der Waals surface area contributed by atoms with E-state index in [1.807, 2.05) is 24.0 Å². The fourth-order valence-corrected chi connectivity index (χ4v) is 4.21. The highest BCUT2D eigenvalue weighted by molar-refractivity contribution is 5.98. The van der Waals surface area contributed by atoms with Crippen LogP contribution in [0.25, 0.3) is 0 Å². The predicted octanol–water partition coefficient (Wildman–Crippen LogP) is 1.94. The van der Waals surface area contributed by atoms with Gasteiger partial charge in [-0.2, -0.15) is 5.10 Å². The number of likely N-dealkylation sites (tertiary alicyclic amines) is 1. The van der Waals surface area contributed by atoms with Crippen molar-refractivity contribution in [2.75, 3.05) is 18.4 Å². The number of piperidine rings is 1. The molecule has 2 atom stereocenters. The standard InChI is InChI=1S/C19H26N6O/c1-24-17(7-9-23-24)18-13(3-2-10-25(18)14-4-5-14)11-22-16-6-8-21-12-15(16)19(20)26/h6-9,12-14,18H,2-5,10-11H2,1H3,(H2,20,26)(H,21,22)/t13-,18+/m0/s1. The third-order valence-electron chi connectivity index (χ3n) is 5.61. The number of rotatable bonds is 6. The summed E-state index contributed by atoms with van der Waals surface area (Å²) in [7, 11) is 2.02. The van der Waals surface area contributed by atoms with Crippen LogP contribution in [0.3, 0.4) is 0 Å². The fourth-order valence-electron chi connectivity index (χ4n) is 4.21. The van der Waals surface area contributed by atoms with E-state index in [0.29, 0.717) is 23.6 Å². The molecule has 0 unspecified atom stereocenters. The minimum absolute atomic E-state index is 0.357. The van der Waals surface area contributed by atoms with Gasteiger partial charge in [-0.05, 0) is 50.3 Å². The lowest BCUT2D eigenvalue weighted by Gasteiger charge is -2.42. The van der Waals surface area contributed by atoms with E-state index < -0.39 is 5.91 Å². The second-order valence-electron chi connectivity index (χ2n) is 7.36. The zero-order chi connectivity index (χ0) is 18.1. The van der Waals surface area contributed by atoms with E-state index in [-0.39, 0.29) is 0 Å². The Bertz CT molecular complexity index is 784. The van der Waals surface area contributed by atoms with Crippen LogP contribution < -0.4 is 11.1 Å². The van der Waals surface area contributed by atoms with Crippen molar-refractivity contribution in [3.63, 3.8) is 0 Å². The highest BCUT2D eigenvalue weighted by Gasteiger charge is 2.41. The number of carbonyl (C=O) groups is 1. The molecule has 0 radical (unpaired) electrons. The lowest BCUT2D eigenvalue weighted by Crippen LogP contribution is -2.43.